The number of amides is 3. The smallest absolute Gasteiger partial charge is 0.408 e. The summed E-state index contributed by atoms with van der Waals surface area (Å²) in [6, 6.07) is 9.97. The molecule has 0 fully saturated rings. The van der Waals surface area contributed by atoms with E-state index in [4.69, 9.17) is 4.74 Å². The van der Waals surface area contributed by atoms with Crippen LogP contribution in [0.4, 0.5) is 10.5 Å². The van der Waals surface area contributed by atoms with E-state index in [1.165, 1.54) is 0 Å². The lowest BCUT2D eigenvalue weighted by atomic mass is 9.93. The molecule has 2 atom stereocenters. The molecule has 0 aliphatic carbocycles. The van der Waals surface area contributed by atoms with Crippen LogP contribution in [0.5, 0.6) is 0 Å². The van der Waals surface area contributed by atoms with Gasteiger partial charge in [0.1, 0.15) is 17.7 Å². The summed E-state index contributed by atoms with van der Waals surface area (Å²) in [6.07, 6.45) is 1.95. The maximum atomic E-state index is 14.4. The van der Waals surface area contributed by atoms with E-state index in [1.807, 2.05) is 77.9 Å². The number of hydrogen-bond acceptors (Lipinski definition) is 4. The second-order valence-electron chi connectivity index (χ2n) is 12.1. The van der Waals surface area contributed by atoms with Gasteiger partial charge in [-0.25, -0.2) is 4.79 Å². The Morgan fingerprint density at radius 1 is 0.900 bits per heavy atom. The molecule has 2 aromatic rings. The van der Waals surface area contributed by atoms with Gasteiger partial charge in [-0.05, 0) is 88.6 Å². The third-order valence-corrected chi connectivity index (χ3v) is 7.12. The van der Waals surface area contributed by atoms with Crippen LogP contribution < -0.4 is 10.6 Å². The van der Waals surface area contributed by atoms with E-state index < -0.39 is 23.8 Å². The van der Waals surface area contributed by atoms with Gasteiger partial charge >= 0.3 is 6.09 Å². The van der Waals surface area contributed by atoms with Gasteiger partial charge in [0.15, 0.2) is 0 Å². The monoisotopic (exact) mass is 551 g/mol. The SMILES string of the molecule is CCCCCN(C(=O)C(NC(=O)OC(C)(C)C)C(C)C)C(C(=O)Nc1c(C)cccc1C)c1cccc(C)c1C. The predicted octanol–water partition coefficient (Wildman–Crippen LogP) is 7.17. The van der Waals surface area contributed by atoms with Crippen molar-refractivity contribution in [1.82, 2.24) is 10.2 Å². The third-order valence-electron chi connectivity index (χ3n) is 7.12. The summed E-state index contributed by atoms with van der Waals surface area (Å²) in [7, 11) is 0. The van der Waals surface area contributed by atoms with Gasteiger partial charge < -0.3 is 20.3 Å². The molecule has 0 bridgehead atoms. The lowest BCUT2D eigenvalue weighted by molar-refractivity contribution is -0.141. The Kier molecular flexibility index (Phi) is 11.8. The van der Waals surface area contributed by atoms with E-state index >= 15 is 0 Å². The fourth-order valence-corrected chi connectivity index (χ4v) is 4.75. The molecule has 2 aromatic carbocycles. The molecule has 7 nitrogen and oxygen atoms in total. The Labute approximate surface area is 241 Å². The minimum atomic E-state index is -0.884. The van der Waals surface area contributed by atoms with E-state index in [2.05, 4.69) is 17.6 Å². The number of ether oxygens (including phenoxy) is 1. The van der Waals surface area contributed by atoms with Crippen molar-refractivity contribution in [2.24, 2.45) is 5.92 Å². The highest BCUT2D eigenvalue weighted by molar-refractivity contribution is 6.00. The highest BCUT2D eigenvalue weighted by atomic mass is 16.6. The molecule has 2 rings (SSSR count). The fourth-order valence-electron chi connectivity index (χ4n) is 4.75. The van der Waals surface area contributed by atoms with Gasteiger partial charge in [0.2, 0.25) is 5.91 Å². The van der Waals surface area contributed by atoms with E-state index in [0.717, 1.165) is 52.8 Å². The van der Waals surface area contributed by atoms with Crippen molar-refractivity contribution in [2.75, 3.05) is 11.9 Å². The average Bonchev–Trinajstić information content (AvgIpc) is 2.85. The Bertz CT molecular complexity index is 1160. The number of unbranched alkanes of at least 4 members (excludes halogenated alkanes) is 2. The molecule has 2 N–H and O–H groups in total. The van der Waals surface area contributed by atoms with E-state index in [1.54, 1.807) is 25.7 Å². The van der Waals surface area contributed by atoms with E-state index in [0.29, 0.717) is 6.54 Å². The number of para-hydroxylation sites is 1. The summed E-state index contributed by atoms with van der Waals surface area (Å²) in [5, 5.41) is 5.94. The molecule has 0 radical (unpaired) electrons. The van der Waals surface area contributed by atoms with Gasteiger partial charge in [-0.1, -0.05) is 70.0 Å². The molecule has 0 aromatic heterocycles. The van der Waals surface area contributed by atoms with Crippen molar-refractivity contribution in [3.8, 4) is 0 Å². The van der Waals surface area contributed by atoms with Gasteiger partial charge in [0.25, 0.3) is 5.91 Å². The fraction of sp³-hybridized carbons (Fsp3) is 0.545. The van der Waals surface area contributed by atoms with Crippen LogP contribution in [0.1, 0.15) is 94.7 Å². The molecular formula is C33H49N3O4. The molecule has 220 valence electrons. The van der Waals surface area contributed by atoms with Crippen molar-refractivity contribution < 1.29 is 19.1 Å². The Balaban J connectivity index is 2.63. The van der Waals surface area contributed by atoms with Crippen LogP contribution in [-0.2, 0) is 14.3 Å². The van der Waals surface area contributed by atoms with Crippen LogP contribution in [-0.4, -0.2) is 41.0 Å². The first-order valence-electron chi connectivity index (χ1n) is 14.4. The van der Waals surface area contributed by atoms with E-state index in [-0.39, 0.29) is 17.7 Å². The summed E-state index contributed by atoms with van der Waals surface area (Å²) in [6.45, 7) is 19.5. The van der Waals surface area contributed by atoms with Gasteiger partial charge in [-0.2, -0.15) is 0 Å². The first kappa shape index (κ1) is 32.9. The topological polar surface area (TPSA) is 87.7 Å². The summed E-state index contributed by atoms with van der Waals surface area (Å²) in [5.41, 5.74) is 4.70. The van der Waals surface area contributed by atoms with Crippen molar-refractivity contribution in [2.45, 2.75) is 106 Å². The largest absolute Gasteiger partial charge is 0.444 e. The minimum absolute atomic E-state index is 0.227. The van der Waals surface area contributed by atoms with Crippen molar-refractivity contribution >= 4 is 23.6 Å². The zero-order valence-electron chi connectivity index (χ0n) is 26.1. The number of aryl methyl sites for hydroxylation is 3. The predicted molar refractivity (Wildman–Crippen MR) is 162 cm³/mol. The Morgan fingerprint density at radius 3 is 2.02 bits per heavy atom. The summed E-state index contributed by atoms with van der Waals surface area (Å²) in [4.78, 5) is 43.0. The van der Waals surface area contributed by atoms with Crippen LogP contribution in [0.2, 0.25) is 0 Å². The molecule has 0 aliphatic rings. The maximum absolute atomic E-state index is 14.4. The molecule has 0 saturated carbocycles. The molecule has 3 amide bonds. The number of rotatable bonds is 11. The highest BCUT2D eigenvalue weighted by Crippen LogP contribution is 2.31. The minimum Gasteiger partial charge on any atom is -0.444 e. The number of nitrogens with one attached hydrogen (secondary N) is 2. The maximum Gasteiger partial charge on any atom is 0.408 e. The molecule has 7 heteroatoms. The van der Waals surface area contributed by atoms with Crippen molar-refractivity contribution in [1.29, 1.82) is 0 Å². The van der Waals surface area contributed by atoms with Crippen LogP contribution in [0.15, 0.2) is 36.4 Å². The first-order valence-corrected chi connectivity index (χ1v) is 14.4. The zero-order valence-corrected chi connectivity index (χ0v) is 26.1. The second kappa shape index (κ2) is 14.3. The lowest BCUT2D eigenvalue weighted by Crippen LogP contribution is -2.54. The van der Waals surface area contributed by atoms with Gasteiger partial charge in [-0.15, -0.1) is 0 Å². The first-order chi connectivity index (χ1) is 18.7. The zero-order chi connectivity index (χ0) is 30.2. The standard InChI is InChI=1S/C33H49N3O4/c1-11-12-13-20-36(31(38)27(21(2)3)35-32(39)40-33(8,9)10)29(26-19-15-16-22(4)25(26)7)30(37)34-28-23(5)17-14-18-24(28)6/h14-19,21,27,29H,11-13,20H2,1-10H3,(H,34,37)(H,35,39). The summed E-state index contributed by atoms with van der Waals surface area (Å²) < 4.78 is 5.48. The highest BCUT2D eigenvalue weighted by Gasteiger charge is 2.38. The van der Waals surface area contributed by atoms with Crippen LogP contribution in [0.25, 0.3) is 0 Å². The molecule has 0 heterocycles. The number of alkyl carbamates (subject to hydrolysis) is 1. The van der Waals surface area contributed by atoms with Crippen molar-refractivity contribution in [3.63, 3.8) is 0 Å². The molecule has 2 unspecified atom stereocenters. The number of hydrogen-bond donors (Lipinski definition) is 2. The van der Waals surface area contributed by atoms with E-state index in [9.17, 15) is 14.4 Å². The quantitative estimate of drug-likeness (QED) is 0.290. The Hall–Kier alpha value is -3.35. The number of anilines is 1. The van der Waals surface area contributed by atoms with Crippen LogP contribution in [0.3, 0.4) is 0 Å². The molecule has 40 heavy (non-hydrogen) atoms. The molecule has 0 spiro atoms. The second-order valence-corrected chi connectivity index (χ2v) is 12.1. The normalized spacial score (nSPS) is 13.0. The number of nitrogens with zero attached hydrogens (tertiary/aromatic N) is 1. The number of benzene rings is 2. The van der Waals surface area contributed by atoms with Crippen LogP contribution in [0, 0.1) is 33.6 Å². The molecule has 0 aliphatic heterocycles. The van der Waals surface area contributed by atoms with Gasteiger partial charge in [0.05, 0.1) is 0 Å². The third kappa shape index (κ3) is 8.83. The number of carbonyl (C=O) groups is 3. The van der Waals surface area contributed by atoms with Gasteiger partial charge in [-0.3, -0.25) is 9.59 Å². The summed E-state index contributed by atoms with van der Waals surface area (Å²) in [5.74, 6) is -0.815. The molecular weight excluding hydrogens is 502 g/mol. The molecule has 0 saturated heterocycles. The summed E-state index contributed by atoms with van der Waals surface area (Å²) >= 11 is 0. The van der Waals surface area contributed by atoms with Crippen LogP contribution >= 0.6 is 0 Å². The number of carbonyl (C=O) groups excluding carboxylic acids is 3. The lowest BCUT2D eigenvalue weighted by Gasteiger charge is -2.36. The average molecular weight is 552 g/mol. The van der Waals surface area contributed by atoms with Gasteiger partial charge in [0, 0.05) is 12.2 Å². The van der Waals surface area contributed by atoms with Crippen molar-refractivity contribution in [3.05, 3.63) is 64.2 Å². The Morgan fingerprint density at radius 2 is 1.48 bits per heavy atom.